The van der Waals surface area contributed by atoms with E-state index in [1.807, 2.05) is 0 Å². The van der Waals surface area contributed by atoms with Gasteiger partial charge < -0.3 is 19.9 Å². The maximum absolute atomic E-state index is 14.9. The van der Waals surface area contributed by atoms with Crippen LogP contribution in [-0.4, -0.2) is 56.8 Å². The molecule has 2 aliphatic rings. The van der Waals surface area contributed by atoms with E-state index in [4.69, 9.17) is 9.47 Å². The lowest BCUT2D eigenvalue weighted by atomic mass is 9.99. The van der Waals surface area contributed by atoms with Crippen molar-refractivity contribution in [1.29, 1.82) is 0 Å². The number of thiophene rings is 1. The van der Waals surface area contributed by atoms with Crippen LogP contribution in [0.3, 0.4) is 0 Å². The molecule has 1 amide bonds. The standard InChI is InChI=1S/C23H23F2N5O4S/c1-11-19-28-18(20(31)26-10-23(2,3)32)29-30(19)21-15(12-9-33-7-8-34-22(12)35-21)17(27-11)16-13(24)5-4-6-14(16)25/h4-6,11,32H,7-10H2,1-3H3,(H,26,31)/t11-/m0/s1. The van der Waals surface area contributed by atoms with Crippen molar-refractivity contribution >= 4 is 23.0 Å². The molecule has 0 fully saturated rings. The number of amides is 1. The van der Waals surface area contributed by atoms with Crippen LogP contribution in [0.4, 0.5) is 8.78 Å². The summed E-state index contributed by atoms with van der Waals surface area (Å²) in [6, 6.07) is 2.96. The highest BCUT2D eigenvalue weighted by atomic mass is 32.1. The second kappa shape index (κ2) is 8.77. The smallest absolute Gasteiger partial charge is 0.291 e. The first-order valence-electron chi connectivity index (χ1n) is 11.0. The van der Waals surface area contributed by atoms with Gasteiger partial charge in [0, 0.05) is 17.7 Å². The first-order valence-corrected chi connectivity index (χ1v) is 11.8. The average molecular weight is 504 g/mol. The van der Waals surface area contributed by atoms with Crippen molar-refractivity contribution in [2.75, 3.05) is 19.8 Å². The summed E-state index contributed by atoms with van der Waals surface area (Å²) >= 11 is 1.22. The number of aliphatic hydroxyl groups is 1. The van der Waals surface area contributed by atoms with E-state index in [-0.39, 0.29) is 30.3 Å². The molecule has 2 aromatic heterocycles. The maximum atomic E-state index is 14.9. The maximum Gasteiger partial charge on any atom is 0.291 e. The molecular weight excluding hydrogens is 480 g/mol. The van der Waals surface area contributed by atoms with Crippen LogP contribution in [0, 0.1) is 11.6 Å². The molecule has 0 bridgehead atoms. The summed E-state index contributed by atoms with van der Waals surface area (Å²) in [5.41, 5.74) is -0.241. The number of hydrogen-bond acceptors (Lipinski definition) is 8. The summed E-state index contributed by atoms with van der Waals surface area (Å²) in [4.78, 5) is 21.7. The summed E-state index contributed by atoms with van der Waals surface area (Å²) in [6.45, 7) is 5.69. The monoisotopic (exact) mass is 503 g/mol. The highest BCUT2D eigenvalue weighted by molar-refractivity contribution is 7.17. The lowest BCUT2D eigenvalue weighted by Crippen LogP contribution is -2.38. The first kappa shape index (κ1) is 23.5. The molecule has 1 atom stereocenters. The molecule has 1 aromatic carbocycles. The highest BCUT2D eigenvalue weighted by Crippen LogP contribution is 2.44. The predicted octanol–water partition coefficient (Wildman–Crippen LogP) is 2.93. The fourth-order valence-corrected chi connectivity index (χ4v) is 5.03. The minimum absolute atomic E-state index is 0.00382. The Labute approximate surface area is 203 Å². The molecule has 184 valence electrons. The molecule has 0 spiro atoms. The van der Waals surface area contributed by atoms with Crippen molar-refractivity contribution in [2.24, 2.45) is 4.99 Å². The number of nitrogens with one attached hydrogen (secondary N) is 1. The third-order valence-electron chi connectivity index (χ3n) is 5.50. The van der Waals surface area contributed by atoms with Gasteiger partial charge >= 0.3 is 0 Å². The van der Waals surface area contributed by atoms with E-state index in [0.717, 1.165) is 0 Å². The summed E-state index contributed by atoms with van der Waals surface area (Å²) < 4.78 is 42.8. The summed E-state index contributed by atoms with van der Waals surface area (Å²) in [6.07, 6.45) is 0. The van der Waals surface area contributed by atoms with Gasteiger partial charge in [-0.15, -0.1) is 5.10 Å². The van der Waals surface area contributed by atoms with E-state index in [0.29, 0.717) is 40.2 Å². The molecule has 12 heteroatoms. The molecule has 2 aliphatic heterocycles. The molecule has 0 unspecified atom stereocenters. The summed E-state index contributed by atoms with van der Waals surface area (Å²) in [7, 11) is 0. The van der Waals surface area contributed by atoms with E-state index in [1.54, 1.807) is 20.8 Å². The zero-order valence-corrected chi connectivity index (χ0v) is 20.1. The van der Waals surface area contributed by atoms with Gasteiger partial charge in [-0.2, -0.15) is 0 Å². The number of nitrogens with zero attached hydrogens (tertiary/aromatic N) is 4. The molecule has 0 radical (unpaired) electrons. The Kier molecular flexibility index (Phi) is 5.90. The number of carbonyl (C=O) groups is 1. The van der Waals surface area contributed by atoms with Gasteiger partial charge in [0.15, 0.2) is 10.9 Å². The van der Waals surface area contributed by atoms with Gasteiger partial charge in [0.1, 0.15) is 29.3 Å². The van der Waals surface area contributed by atoms with Crippen molar-refractivity contribution in [1.82, 2.24) is 20.1 Å². The number of carbonyl (C=O) groups excluding carboxylic acids is 1. The fourth-order valence-electron chi connectivity index (χ4n) is 3.89. The molecular formula is C23H23F2N5O4S. The first-order chi connectivity index (χ1) is 16.6. The van der Waals surface area contributed by atoms with Crippen molar-refractivity contribution in [3.63, 3.8) is 0 Å². The Morgan fingerprint density at radius 1 is 1.29 bits per heavy atom. The van der Waals surface area contributed by atoms with Crippen molar-refractivity contribution in [2.45, 2.75) is 39.0 Å². The molecule has 9 nitrogen and oxygen atoms in total. The average Bonchev–Trinajstić information content (AvgIpc) is 3.28. The van der Waals surface area contributed by atoms with Crippen molar-refractivity contribution in [3.05, 3.63) is 58.2 Å². The zero-order valence-electron chi connectivity index (χ0n) is 19.3. The van der Waals surface area contributed by atoms with E-state index < -0.39 is 29.2 Å². The number of halogens is 2. The molecule has 35 heavy (non-hydrogen) atoms. The van der Waals surface area contributed by atoms with Gasteiger partial charge in [0.05, 0.1) is 30.1 Å². The predicted molar refractivity (Wildman–Crippen MR) is 123 cm³/mol. The Hall–Kier alpha value is -3.22. The molecule has 0 aliphatic carbocycles. The number of fused-ring (bicyclic) bond motifs is 5. The third kappa shape index (κ3) is 4.32. The SMILES string of the molecule is C[C@@H]1N=C(c2c(F)cccc2F)c2c(sc3c2COCCO3)-n2nc(C(=O)NCC(C)(C)O)nc21. The van der Waals surface area contributed by atoms with Crippen LogP contribution in [0.1, 0.15) is 59.9 Å². The van der Waals surface area contributed by atoms with Crippen LogP contribution in [0.2, 0.25) is 0 Å². The quantitative estimate of drug-likeness (QED) is 0.567. The van der Waals surface area contributed by atoms with Crippen LogP contribution in [0.5, 0.6) is 5.06 Å². The second-order valence-electron chi connectivity index (χ2n) is 8.90. The molecule has 0 saturated heterocycles. The van der Waals surface area contributed by atoms with E-state index >= 15 is 0 Å². The summed E-state index contributed by atoms with van der Waals surface area (Å²) in [5, 5.41) is 17.9. The molecule has 4 heterocycles. The Morgan fingerprint density at radius 3 is 2.74 bits per heavy atom. The normalized spacial score (nSPS) is 17.3. The number of aromatic nitrogens is 3. The molecule has 3 aromatic rings. The molecule has 2 N–H and O–H groups in total. The van der Waals surface area contributed by atoms with Gasteiger partial charge in [-0.05, 0) is 32.9 Å². The van der Waals surface area contributed by atoms with Crippen LogP contribution in [-0.2, 0) is 11.3 Å². The topological polar surface area (TPSA) is 111 Å². The minimum Gasteiger partial charge on any atom is -0.481 e. The lowest BCUT2D eigenvalue weighted by molar-refractivity contribution is 0.0689. The van der Waals surface area contributed by atoms with Gasteiger partial charge in [0.25, 0.3) is 5.91 Å². The van der Waals surface area contributed by atoms with E-state index in [9.17, 15) is 18.7 Å². The zero-order chi connectivity index (χ0) is 24.9. The number of rotatable bonds is 4. The van der Waals surface area contributed by atoms with E-state index in [2.05, 4.69) is 20.4 Å². The van der Waals surface area contributed by atoms with Gasteiger partial charge in [0.2, 0.25) is 5.82 Å². The lowest BCUT2D eigenvalue weighted by Gasteiger charge is -2.16. The minimum atomic E-state index is -1.11. The van der Waals surface area contributed by atoms with Crippen molar-refractivity contribution in [3.8, 4) is 10.1 Å². The van der Waals surface area contributed by atoms with Gasteiger partial charge in [-0.3, -0.25) is 9.79 Å². The summed E-state index contributed by atoms with van der Waals surface area (Å²) in [5.74, 6) is -1.86. The Balaban J connectivity index is 1.69. The molecule has 5 rings (SSSR count). The van der Waals surface area contributed by atoms with Crippen LogP contribution in [0.25, 0.3) is 5.00 Å². The number of aliphatic imine (C=N–C) groups is 1. The van der Waals surface area contributed by atoms with Crippen LogP contribution >= 0.6 is 11.3 Å². The van der Waals surface area contributed by atoms with Crippen molar-refractivity contribution < 1.29 is 28.2 Å². The van der Waals surface area contributed by atoms with Gasteiger partial charge in [-0.1, -0.05) is 17.4 Å². The van der Waals surface area contributed by atoms with Gasteiger partial charge in [-0.25, -0.2) is 18.4 Å². The number of hydrogen-bond donors (Lipinski definition) is 2. The highest BCUT2D eigenvalue weighted by Gasteiger charge is 2.35. The molecule has 0 saturated carbocycles. The number of ether oxygens (including phenoxy) is 2. The van der Waals surface area contributed by atoms with Crippen LogP contribution < -0.4 is 10.1 Å². The third-order valence-corrected chi connectivity index (χ3v) is 6.62. The largest absolute Gasteiger partial charge is 0.481 e. The number of benzene rings is 1. The second-order valence-corrected chi connectivity index (χ2v) is 9.86. The van der Waals surface area contributed by atoms with Crippen LogP contribution in [0.15, 0.2) is 23.2 Å². The van der Waals surface area contributed by atoms with E-state index in [1.165, 1.54) is 34.2 Å². The Bertz CT molecular complexity index is 1320. The Morgan fingerprint density at radius 2 is 2.03 bits per heavy atom. The fraction of sp³-hybridized carbons (Fsp3) is 0.391.